The molecule has 0 aliphatic rings. The molecule has 0 atom stereocenters. The third kappa shape index (κ3) is 2.86. The Balaban J connectivity index is 2.06. The fraction of sp³-hybridized carbons (Fsp3) is 0.0909. The van der Waals surface area contributed by atoms with Crippen LogP contribution in [0, 0.1) is 5.82 Å². The first kappa shape index (κ1) is 12.6. The van der Waals surface area contributed by atoms with Gasteiger partial charge in [-0.05, 0) is 28.1 Å². The molecule has 18 heavy (non-hydrogen) atoms. The fourth-order valence-corrected chi connectivity index (χ4v) is 1.58. The average Bonchev–Trinajstić information content (AvgIpc) is 2.79. The number of carboxylic acid groups (broad SMARTS) is 1. The van der Waals surface area contributed by atoms with Gasteiger partial charge in [-0.25, -0.2) is 9.18 Å². The van der Waals surface area contributed by atoms with Crippen molar-refractivity contribution in [2.75, 3.05) is 0 Å². The molecule has 7 heteroatoms. The Morgan fingerprint density at radius 1 is 1.50 bits per heavy atom. The van der Waals surface area contributed by atoms with Gasteiger partial charge in [0.05, 0.1) is 4.47 Å². The van der Waals surface area contributed by atoms with Gasteiger partial charge in [0.1, 0.15) is 18.2 Å². The standard InChI is InChI=1S/C11H7BrFNO4/c12-8-2-1-6(13)3-10(8)17-5-7-4-9(11(15)16)14-18-7/h1-4H,5H2,(H,15,16). The summed E-state index contributed by atoms with van der Waals surface area (Å²) in [5.41, 5.74) is -0.202. The molecule has 0 amide bonds. The molecule has 2 rings (SSSR count). The summed E-state index contributed by atoms with van der Waals surface area (Å²) in [5.74, 6) is -1.08. The third-order valence-corrected chi connectivity index (χ3v) is 2.70. The van der Waals surface area contributed by atoms with E-state index in [0.717, 1.165) is 0 Å². The Hall–Kier alpha value is -1.89. The number of halogens is 2. The minimum atomic E-state index is -1.18. The van der Waals surface area contributed by atoms with Gasteiger partial charge in [0, 0.05) is 12.1 Å². The highest BCUT2D eigenvalue weighted by atomic mass is 79.9. The molecule has 2 aromatic rings. The topological polar surface area (TPSA) is 72.6 Å². The van der Waals surface area contributed by atoms with E-state index in [1.807, 2.05) is 0 Å². The van der Waals surface area contributed by atoms with Gasteiger partial charge in [-0.1, -0.05) is 5.16 Å². The lowest BCUT2D eigenvalue weighted by Crippen LogP contribution is -1.96. The van der Waals surface area contributed by atoms with Crippen molar-refractivity contribution in [1.82, 2.24) is 5.16 Å². The number of hydrogen-bond acceptors (Lipinski definition) is 4. The first-order valence-electron chi connectivity index (χ1n) is 4.83. The second-order valence-electron chi connectivity index (χ2n) is 3.35. The molecule has 1 heterocycles. The smallest absolute Gasteiger partial charge is 0.358 e. The van der Waals surface area contributed by atoms with E-state index in [4.69, 9.17) is 14.4 Å². The number of nitrogens with zero attached hydrogens (tertiary/aromatic N) is 1. The van der Waals surface area contributed by atoms with Gasteiger partial charge in [-0.15, -0.1) is 0 Å². The van der Waals surface area contributed by atoms with E-state index < -0.39 is 11.8 Å². The lowest BCUT2D eigenvalue weighted by molar-refractivity contribution is 0.0685. The number of hydrogen-bond donors (Lipinski definition) is 1. The summed E-state index contributed by atoms with van der Waals surface area (Å²) in [6.45, 7) is -0.0394. The van der Waals surface area contributed by atoms with Crippen LogP contribution in [0.4, 0.5) is 4.39 Å². The highest BCUT2D eigenvalue weighted by molar-refractivity contribution is 9.10. The van der Waals surface area contributed by atoms with Gasteiger partial charge in [0.15, 0.2) is 11.5 Å². The van der Waals surface area contributed by atoms with Crippen LogP contribution in [0.1, 0.15) is 16.2 Å². The summed E-state index contributed by atoms with van der Waals surface area (Å²) >= 11 is 3.20. The van der Waals surface area contributed by atoms with Crippen LogP contribution in [0.25, 0.3) is 0 Å². The van der Waals surface area contributed by atoms with E-state index in [2.05, 4.69) is 21.1 Å². The molecule has 0 unspecified atom stereocenters. The van der Waals surface area contributed by atoms with Gasteiger partial charge in [-0.2, -0.15) is 0 Å². The van der Waals surface area contributed by atoms with Crippen molar-refractivity contribution in [3.63, 3.8) is 0 Å². The van der Waals surface area contributed by atoms with Gasteiger partial charge < -0.3 is 14.4 Å². The third-order valence-electron chi connectivity index (χ3n) is 2.04. The Bertz CT molecular complexity index is 584. The monoisotopic (exact) mass is 315 g/mol. The molecular weight excluding hydrogens is 309 g/mol. The number of aromatic nitrogens is 1. The highest BCUT2D eigenvalue weighted by Gasteiger charge is 2.11. The maximum absolute atomic E-state index is 13.0. The Kier molecular flexibility index (Phi) is 3.61. The number of carbonyl (C=O) groups is 1. The molecular formula is C11H7BrFNO4. The van der Waals surface area contributed by atoms with Crippen LogP contribution < -0.4 is 4.74 Å². The number of aromatic carboxylic acids is 1. The minimum absolute atomic E-state index is 0.0394. The van der Waals surface area contributed by atoms with Crippen LogP contribution in [0.5, 0.6) is 5.75 Å². The van der Waals surface area contributed by atoms with Crippen molar-refractivity contribution in [1.29, 1.82) is 0 Å². The zero-order valence-electron chi connectivity index (χ0n) is 8.89. The fourth-order valence-electron chi connectivity index (χ4n) is 1.22. The number of rotatable bonds is 4. The molecule has 5 nitrogen and oxygen atoms in total. The summed E-state index contributed by atoms with van der Waals surface area (Å²) in [7, 11) is 0. The summed E-state index contributed by atoms with van der Waals surface area (Å²) in [6, 6.07) is 5.25. The predicted molar refractivity (Wildman–Crippen MR) is 61.9 cm³/mol. The molecule has 0 fully saturated rings. The highest BCUT2D eigenvalue weighted by Crippen LogP contribution is 2.26. The summed E-state index contributed by atoms with van der Waals surface area (Å²) < 4.78 is 23.6. The Morgan fingerprint density at radius 3 is 2.94 bits per heavy atom. The average molecular weight is 316 g/mol. The number of carboxylic acids is 1. The second kappa shape index (κ2) is 5.18. The SMILES string of the molecule is O=C(O)c1cc(COc2cc(F)ccc2Br)on1. The van der Waals surface area contributed by atoms with E-state index in [1.165, 1.54) is 24.3 Å². The van der Waals surface area contributed by atoms with Gasteiger partial charge in [0.2, 0.25) is 0 Å². The number of benzene rings is 1. The molecule has 0 aliphatic heterocycles. The zero-order chi connectivity index (χ0) is 13.1. The van der Waals surface area contributed by atoms with E-state index in [1.54, 1.807) is 0 Å². The molecule has 94 valence electrons. The largest absolute Gasteiger partial charge is 0.484 e. The zero-order valence-corrected chi connectivity index (χ0v) is 10.5. The van der Waals surface area contributed by atoms with Crippen LogP contribution in [0.2, 0.25) is 0 Å². The molecule has 1 aromatic carbocycles. The summed E-state index contributed by atoms with van der Waals surface area (Å²) in [4.78, 5) is 10.6. The van der Waals surface area contributed by atoms with Crippen molar-refractivity contribution in [3.8, 4) is 5.75 Å². The molecule has 0 aliphatic carbocycles. The van der Waals surface area contributed by atoms with Gasteiger partial charge in [0.25, 0.3) is 0 Å². The Morgan fingerprint density at radius 2 is 2.28 bits per heavy atom. The van der Waals surface area contributed by atoms with Gasteiger partial charge >= 0.3 is 5.97 Å². The van der Waals surface area contributed by atoms with E-state index in [0.29, 0.717) is 10.2 Å². The van der Waals surface area contributed by atoms with Crippen LogP contribution in [0.3, 0.4) is 0 Å². The van der Waals surface area contributed by atoms with Crippen molar-refractivity contribution >= 4 is 21.9 Å². The van der Waals surface area contributed by atoms with Crippen LogP contribution >= 0.6 is 15.9 Å². The quantitative estimate of drug-likeness (QED) is 0.939. The normalized spacial score (nSPS) is 10.3. The summed E-state index contributed by atoms with van der Waals surface area (Å²) in [5, 5.41) is 12.0. The van der Waals surface area contributed by atoms with E-state index in [-0.39, 0.29) is 18.1 Å². The summed E-state index contributed by atoms with van der Waals surface area (Å²) in [6.07, 6.45) is 0. The lowest BCUT2D eigenvalue weighted by atomic mass is 10.3. The first-order chi connectivity index (χ1) is 8.56. The van der Waals surface area contributed by atoms with Gasteiger partial charge in [-0.3, -0.25) is 0 Å². The number of ether oxygens (including phenoxy) is 1. The molecule has 0 saturated carbocycles. The molecule has 1 aromatic heterocycles. The van der Waals surface area contributed by atoms with Crippen molar-refractivity contribution in [2.24, 2.45) is 0 Å². The van der Waals surface area contributed by atoms with E-state index >= 15 is 0 Å². The molecule has 0 bridgehead atoms. The lowest BCUT2D eigenvalue weighted by Gasteiger charge is -2.05. The molecule has 0 saturated heterocycles. The van der Waals surface area contributed by atoms with Crippen molar-refractivity contribution in [3.05, 3.63) is 46.0 Å². The predicted octanol–water partition coefficient (Wildman–Crippen LogP) is 2.85. The van der Waals surface area contributed by atoms with E-state index in [9.17, 15) is 9.18 Å². The van der Waals surface area contributed by atoms with Crippen molar-refractivity contribution < 1.29 is 23.6 Å². The van der Waals surface area contributed by atoms with Crippen LogP contribution in [-0.2, 0) is 6.61 Å². The van der Waals surface area contributed by atoms with Crippen LogP contribution in [-0.4, -0.2) is 16.2 Å². The molecule has 1 N–H and O–H groups in total. The Labute approximate surface area is 109 Å². The molecule has 0 radical (unpaired) electrons. The molecule has 0 spiro atoms. The second-order valence-corrected chi connectivity index (χ2v) is 4.20. The first-order valence-corrected chi connectivity index (χ1v) is 5.62. The maximum atomic E-state index is 13.0. The minimum Gasteiger partial charge on any atom is -0.484 e. The van der Waals surface area contributed by atoms with Crippen LogP contribution in [0.15, 0.2) is 33.3 Å². The van der Waals surface area contributed by atoms with Crippen molar-refractivity contribution in [2.45, 2.75) is 6.61 Å². The maximum Gasteiger partial charge on any atom is 0.358 e.